The Morgan fingerprint density at radius 3 is 2.82 bits per heavy atom. The summed E-state index contributed by atoms with van der Waals surface area (Å²) in [5.74, 6) is -1.59. The van der Waals surface area contributed by atoms with Gasteiger partial charge in [-0.05, 0) is 19.9 Å². The molecule has 0 aromatic carbocycles. The predicted molar refractivity (Wildman–Crippen MR) is 63.8 cm³/mol. The van der Waals surface area contributed by atoms with Crippen molar-refractivity contribution < 1.29 is 14.3 Å². The Kier molecular flexibility index (Phi) is 4.20. The zero-order valence-corrected chi connectivity index (χ0v) is 9.85. The molecule has 0 saturated heterocycles. The maximum absolute atomic E-state index is 13.0. The first kappa shape index (κ1) is 13.2. The molecular formula is C12H15FN2O2. The molecule has 0 aliphatic carbocycles. The van der Waals surface area contributed by atoms with Gasteiger partial charge in [-0.15, -0.1) is 6.58 Å². The molecular weight excluding hydrogens is 223 g/mol. The van der Waals surface area contributed by atoms with Crippen molar-refractivity contribution in [1.29, 1.82) is 0 Å². The smallest absolute Gasteiger partial charge is 0.339 e. The molecule has 0 amide bonds. The average Bonchev–Trinajstić information content (AvgIpc) is 2.26. The lowest BCUT2D eigenvalue weighted by Gasteiger charge is -2.27. The first-order chi connectivity index (χ1) is 7.97. The summed E-state index contributed by atoms with van der Waals surface area (Å²) in [5.41, 5.74) is -0.138. The summed E-state index contributed by atoms with van der Waals surface area (Å²) in [4.78, 5) is 16.7. The summed E-state index contributed by atoms with van der Waals surface area (Å²) in [7, 11) is 0. The predicted octanol–water partition coefficient (Wildman–Crippen LogP) is 2.32. The first-order valence-corrected chi connectivity index (χ1v) is 5.23. The van der Waals surface area contributed by atoms with Gasteiger partial charge in [-0.1, -0.05) is 6.08 Å². The largest absolute Gasteiger partial charge is 0.478 e. The minimum Gasteiger partial charge on any atom is -0.478 e. The highest BCUT2D eigenvalue weighted by Crippen LogP contribution is 2.20. The summed E-state index contributed by atoms with van der Waals surface area (Å²) in [6.45, 7) is 7.87. The summed E-state index contributed by atoms with van der Waals surface area (Å²) in [5, 5.41) is 9.03. The van der Waals surface area contributed by atoms with Crippen LogP contribution in [0, 0.1) is 5.82 Å². The maximum Gasteiger partial charge on any atom is 0.339 e. The number of anilines is 1. The number of aromatic carboxylic acids is 1. The van der Waals surface area contributed by atoms with Crippen LogP contribution in [-0.2, 0) is 0 Å². The van der Waals surface area contributed by atoms with Crippen molar-refractivity contribution in [3.8, 4) is 0 Å². The van der Waals surface area contributed by atoms with Crippen LogP contribution in [0.2, 0.25) is 0 Å². The van der Waals surface area contributed by atoms with Crippen molar-refractivity contribution in [2.24, 2.45) is 0 Å². The molecule has 5 heteroatoms. The van der Waals surface area contributed by atoms with E-state index in [1.807, 2.05) is 13.8 Å². The molecule has 17 heavy (non-hydrogen) atoms. The van der Waals surface area contributed by atoms with Crippen LogP contribution in [0.4, 0.5) is 10.2 Å². The topological polar surface area (TPSA) is 53.4 Å². The number of carbonyl (C=O) groups is 1. The van der Waals surface area contributed by atoms with Gasteiger partial charge in [0.25, 0.3) is 0 Å². The van der Waals surface area contributed by atoms with Crippen molar-refractivity contribution in [3.05, 3.63) is 36.3 Å². The van der Waals surface area contributed by atoms with Crippen LogP contribution < -0.4 is 4.90 Å². The van der Waals surface area contributed by atoms with E-state index in [2.05, 4.69) is 11.6 Å². The molecule has 1 rings (SSSR count). The lowest BCUT2D eigenvalue weighted by Crippen LogP contribution is -2.33. The number of halogens is 1. The third-order valence-electron chi connectivity index (χ3n) is 2.28. The van der Waals surface area contributed by atoms with Crippen molar-refractivity contribution in [2.45, 2.75) is 19.9 Å². The van der Waals surface area contributed by atoms with Crippen LogP contribution in [-0.4, -0.2) is 28.6 Å². The summed E-state index contributed by atoms with van der Waals surface area (Å²) < 4.78 is 13.0. The molecule has 0 fully saturated rings. The van der Waals surface area contributed by atoms with Crippen molar-refractivity contribution >= 4 is 11.8 Å². The standard InChI is InChI=1S/C12H15FN2O2/c1-4-5-15(8(2)3)11-10(12(16)17)6-9(13)7-14-11/h4,6-8H,1,5H2,2-3H3,(H,16,17). The van der Waals surface area contributed by atoms with Crippen molar-refractivity contribution in [1.82, 2.24) is 4.98 Å². The van der Waals surface area contributed by atoms with E-state index in [4.69, 9.17) is 5.11 Å². The third-order valence-corrected chi connectivity index (χ3v) is 2.28. The van der Waals surface area contributed by atoms with Crippen LogP contribution in [0.5, 0.6) is 0 Å². The minimum atomic E-state index is -1.19. The Morgan fingerprint density at radius 2 is 2.35 bits per heavy atom. The van der Waals surface area contributed by atoms with Gasteiger partial charge in [0.05, 0.1) is 6.20 Å². The molecule has 0 aliphatic heterocycles. The number of aromatic nitrogens is 1. The average molecular weight is 238 g/mol. The number of carboxylic acids is 1. The fourth-order valence-electron chi connectivity index (χ4n) is 1.50. The van der Waals surface area contributed by atoms with Crippen molar-refractivity contribution in [2.75, 3.05) is 11.4 Å². The molecule has 1 N–H and O–H groups in total. The van der Waals surface area contributed by atoms with E-state index < -0.39 is 11.8 Å². The number of carboxylic acid groups (broad SMARTS) is 1. The molecule has 0 bridgehead atoms. The van der Waals surface area contributed by atoms with Crippen LogP contribution >= 0.6 is 0 Å². The Labute approximate surface area is 99.4 Å². The molecule has 0 unspecified atom stereocenters. The van der Waals surface area contributed by atoms with Crippen LogP contribution in [0.1, 0.15) is 24.2 Å². The van der Waals surface area contributed by atoms with Gasteiger partial charge in [0, 0.05) is 12.6 Å². The number of rotatable bonds is 5. The fraction of sp³-hybridized carbons (Fsp3) is 0.333. The molecule has 92 valence electrons. The lowest BCUT2D eigenvalue weighted by atomic mass is 10.2. The second-order valence-electron chi connectivity index (χ2n) is 3.86. The third kappa shape index (κ3) is 3.03. The van der Waals surface area contributed by atoms with Crippen LogP contribution in [0.3, 0.4) is 0 Å². The fourth-order valence-corrected chi connectivity index (χ4v) is 1.50. The summed E-state index contributed by atoms with van der Waals surface area (Å²) in [6.07, 6.45) is 2.66. The van der Waals surface area contributed by atoms with Crippen molar-refractivity contribution in [3.63, 3.8) is 0 Å². The normalized spacial score (nSPS) is 10.4. The van der Waals surface area contributed by atoms with E-state index in [-0.39, 0.29) is 17.4 Å². The molecule has 0 aliphatic rings. The second kappa shape index (κ2) is 5.43. The Balaban J connectivity index is 3.26. The van der Waals surface area contributed by atoms with Gasteiger partial charge in [-0.3, -0.25) is 0 Å². The Hall–Kier alpha value is -1.91. The zero-order chi connectivity index (χ0) is 13.0. The van der Waals surface area contributed by atoms with Gasteiger partial charge in [0.15, 0.2) is 0 Å². The summed E-state index contributed by atoms with van der Waals surface area (Å²) >= 11 is 0. The zero-order valence-electron chi connectivity index (χ0n) is 9.85. The number of hydrogen-bond donors (Lipinski definition) is 1. The van der Waals surface area contributed by atoms with E-state index in [9.17, 15) is 9.18 Å². The number of pyridine rings is 1. The molecule has 0 radical (unpaired) electrons. The van der Waals surface area contributed by atoms with E-state index in [0.29, 0.717) is 6.54 Å². The van der Waals surface area contributed by atoms with E-state index in [1.54, 1.807) is 11.0 Å². The lowest BCUT2D eigenvalue weighted by molar-refractivity contribution is 0.0696. The second-order valence-corrected chi connectivity index (χ2v) is 3.86. The molecule has 0 saturated carbocycles. The first-order valence-electron chi connectivity index (χ1n) is 5.23. The highest BCUT2D eigenvalue weighted by Gasteiger charge is 2.19. The highest BCUT2D eigenvalue weighted by molar-refractivity contribution is 5.93. The quantitative estimate of drug-likeness (QED) is 0.800. The molecule has 0 atom stereocenters. The van der Waals surface area contributed by atoms with Gasteiger partial charge in [0.2, 0.25) is 0 Å². The Morgan fingerprint density at radius 1 is 1.71 bits per heavy atom. The van der Waals surface area contributed by atoms with Crippen LogP contribution in [0.25, 0.3) is 0 Å². The molecule has 1 aromatic rings. The SMILES string of the molecule is C=CCN(c1ncc(F)cc1C(=O)O)C(C)C. The van der Waals surface area contributed by atoms with E-state index in [0.717, 1.165) is 12.3 Å². The highest BCUT2D eigenvalue weighted by atomic mass is 19.1. The van der Waals surface area contributed by atoms with Crippen LogP contribution in [0.15, 0.2) is 24.9 Å². The summed E-state index contributed by atoms with van der Waals surface area (Å²) in [6, 6.07) is 1.02. The van der Waals surface area contributed by atoms with Gasteiger partial charge in [-0.2, -0.15) is 0 Å². The van der Waals surface area contributed by atoms with Gasteiger partial charge in [0.1, 0.15) is 17.2 Å². The Bertz CT molecular complexity index is 433. The number of hydrogen-bond acceptors (Lipinski definition) is 3. The molecule has 4 nitrogen and oxygen atoms in total. The maximum atomic E-state index is 13.0. The van der Waals surface area contributed by atoms with Gasteiger partial charge in [-0.25, -0.2) is 14.2 Å². The molecule has 1 heterocycles. The number of nitrogens with zero attached hydrogens (tertiary/aromatic N) is 2. The molecule has 0 spiro atoms. The monoisotopic (exact) mass is 238 g/mol. The minimum absolute atomic E-state index is 0.0454. The van der Waals surface area contributed by atoms with E-state index in [1.165, 1.54) is 0 Å². The van der Waals surface area contributed by atoms with Gasteiger partial charge >= 0.3 is 5.97 Å². The van der Waals surface area contributed by atoms with E-state index >= 15 is 0 Å². The van der Waals surface area contributed by atoms with Gasteiger partial charge < -0.3 is 10.0 Å². The molecule has 1 aromatic heterocycles.